The highest BCUT2D eigenvalue weighted by molar-refractivity contribution is 5.92. The van der Waals surface area contributed by atoms with Crippen molar-refractivity contribution >= 4 is 71.1 Å². The monoisotopic (exact) mass is 1770 g/mol. The van der Waals surface area contributed by atoms with Gasteiger partial charge in [0.2, 0.25) is 59.0 Å². The molecule has 1 atom stereocenters. The number of hydrogen-bond donors (Lipinski definition) is 9. The number of pyridine rings is 2. The summed E-state index contributed by atoms with van der Waals surface area (Å²) in [7, 11) is 0. The number of aliphatic carboxylic acids is 4. The Labute approximate surface area is 744 Å². The van der Waals surface area contributed by atoms with Gasteiger partial charge < -0.3 is 76.5 Å². The van der Waals surface area contributed by atoms with Crippen LogP contribution in [0.2, 0.25) is 0 Å². The molecule has 0 fully saturated rings. The zero-order chi connectivity index (χ0) is 92.3. The molecule has 0 radical (unpaired) electrons. The molecule has 37 heteroatoms. The summed E-state index contributed by atoms with van der Waals surface area (Å²) in [4.78, 5) is 168. The molecule has 2 aliphatic heterocycles. The van der Waals surface area contributed by atoms with E-state index in [1.54, 1.807) is 0 Å². The molecule has 0 saturated carbocycles. The minimum absolute atomic E-state index is 0.0245. The lowest BCUT2D eigenvalue weighted by atomic mass is 9.73. The molecule has 0 aliphatic carbocycles. The summed E-state index contributed by atoms with van der Waals surface area (Å²) in [6.45, 7) is 4.29. The van der Waals surface area contributed by atoms with Crippen molar-refractivity contribution in [3.8, 4) is 56.5 Å². The summed E-state index contributed by atoms with van der Waals surface area (Å²) in [5, 5.41) is 82.8. The second-order valence-corrected chi connectivity index (χ2v) is 32.8. The van der Waals surface area contributed by atoms with Gasteiger partial charge in [-0.1, -0.05) is 149 Å². The summed E-state index contributed by atoms with van der Waals surface area (Å²) in [5.74, 6) is -10.1. The maximum absolute atomic E-state index is 14.0. The number of rotatable bonds is 60. The smallest absolute Gasteiger partial charge is 0.305 e. The number of unbranched alkanes of at least 4 members (excludes halogenated alkanes) is 4. The highest BCUT2D eigenvalue weighted by Gasteiger charge is 2.49. The van der Waals surface area contributed by atoms with Crippen LogP contribution < -0.4 is 36.5 Å². The largest absolute Gasteiger partial charge is 0.481 e. The van der Waals surface area contributed by atoms with Gasteiger partial charge in [0.05, 0.1) is 82.5 Å². The molecular formula is C91H119N19O18. The Morgan fingerprint density at radius 1 is 0.367 bits per heavy atom. The number of nitrogens with zero attached hydrogens (tertiary/aromatic N) is 14. The molecule has 0 saturated heterocycles. The first-order chi connectivity index (χ1) is 61.4. The normalized spacial score (nSPS) is 13.1. The van der Waals surface area contributed by atoms with Gasteiger partial charge in [-0.2, -0.15) is 0 Å². The number of amides is 8. The van der Waals surface area contributed by atoms with E-state index in [0.717, 1.165) is 103 Å². The third kappa shape index (κ3) is 33.3. The molecule has 2 aromatic heterocycles. The van der Waals surface area contributed by atoms with Crippen LogP contribution >= 0.6 is 0 Å². The fraction of sp³-hybridized carbons (Fsp3) is 0.495. The van der Waals surface area contributed by atoms with E-state index >= 15 is 0 Å². The van der Waals surface area contributed by atoms with Crippen molar-refractivity contribution in [2.75, 3.05) is 91.8 Å². The lowest BCUT2D eigenvalue weighted by molar-refractivity contribution is -0.146. The number of carboxylic acids is 4. The van der Waals surface area contributed by atoms with E-state index in [1.807, 2.05) is 133 Å². The number of carbonyl (C=O) groups is 12. The van der Waals surface area contributed by atoms with E-state index in [2.05, 4.69) is 102 Å². The summed E-state index contributed by atoms with van der Waals surface area (Å²) < 4.78 is 12.5. The van der Waals surface area contributed by atoms with E-state index < -0.39 is 178 Å². The van der Waals surface area contributed by atoms with Crippen molar-refractivity contribution in [3.63, 3.8) is 0 Å². The van der Waals surface area contributed by atoms with E-state index in [1.165, 1.54) is 0 Å². The predicted molar refractivity (Wildman–Crippen MR) is 472 cm³/mol. The van der Waals surface area contributed by atoms with Crippen molar-refractivity contribution in [3.05, 3.63) is 146 Å². The van der Waals surface area contributed by atoms with Crippen molar-refractivity contribution < 1.29 is 87.4 Å². The summed E-state index contributed by atoms with van der Waals surface area (Å²) in [5.41, 5.74) is 11.2. The van der Waals surface area contributed by atoms with Crippen LogP contribution in [0.4, 0.5) is 0 Å². The van der Waals surface area contributed by atoms with Crippen LogP contribution in [-0.2, 0) is 57.5 Å². The zero-order valence-corrected chi connectivity index (χ0v) is 73.2. The third-order valence-electron chi connectivity index (χ3n) is 22.4. The zero-order valence-electron chi connectivity index (χ0n) is 73.2. The van der Waals surface area contributed by atoms with Crippen molar-refractivity contribution in [1.82, 2.24) is 50.8 Å². The minimum atomic E-state index is -1.63. The molecule has 37 nitrogen and oxygen atoms in total. The van der Waals surface area contributed by atoms with Gasteiger partial charge in [-0.15, -0.1) is 20.5 Å². The Morgan fingerprint density at radius 3 is 1.05 bits per heavy atom. The molecule has 8 amide bonds. The van der Waals surface area contributed by atoms with Crippen molar-refractivity contribution in [2.24, 2.45) is 57.9 Å². The number of nitrogens with one attached hydrogen (secondary N) is 4. The molecule has 0 bridgehead atoms. The van der Waals surface area contributed by atoms with Gasteiger partial charge in [-0.3, -0.25) is 57.5 Å². The Bertz CT molecular complexity index is 4670. The van der Waals surface area contributed by atoms with Gasteiger partial charge in [0.15, 0.2) is 11.3 Å². The number of carbonyl (C=O) groups excluding carboxylic acids is 8. The first kappa shape index (κ1) is 100. The second kappa shape index (κ2) is 51.4. The molecule has 6 aromatic rings. The SMILES string of the molecule is CC(C)(CCCCOc1cc(-c2ccccc2)cc(-c2ccccc2)n1)C1(CCCCC(=O)NCCCNC(=O)CN(CCC(=O)O)C(=O)CN(CCC(=O)O)C(=O)CC[C@H](N)C(=O)N(CCC(=O)O)CC(=O)N(CCC(=O)O)CC(=O)NCCCNC(=O)CCCCC2(C(C)(C)CCCCOc3cc(-c4ccccc4)cc(-c4ccccc4)n3)N=NN=N2)N=NN=N1. The highest BCUT2D eigenvalue weighted by Crippen LogP contribution is 2.48. The molecule has 4 heterocycles. The molecule has 128 heavy (non-hydrogen) atoms. The van der Waals surface area contributed by atoms with Crippen LogP contribution in [0.5, 0.6) is 11.8 Å². The quantitative estimate of drug-likeness (QED) is 0.0160. The maximum Gasteiger partial charge on any atom is 0.305 e. The molecule has 4 aromatic carbocycles. The first-order valence-electron chi connectivity index (χ1n) is 43.4. The topological polar surface area (TPSA) is 516 Å². The van der Waals surface area contributed by atoms with Gasteiger partial charge in [0.25, 0.3) is 0 Å². The van der Waals surface area contributed by atoms with Crippen molar-refractivity contribution in [2.45, 2.75) is 186 Å². The van der Waals surface area contributed by atoms with Crippen LogP contribution in [0.15, 0.2) is 187 Å². The van der Waals surface area contributed by atoms with Crippen LogP contribution in [0.25, 0.3) is 44.8 Å². The van der Waals surface area contributed by atoms with Crippen LogP contribution in [-0.4, -0.2) is 230 Å². The van der Waals surface area contributed by atoms with Gasteiger partial charge in [0.1, 0.15) is 0 Å². The van der Waals surface area contributed by atoms with E-state index in [4.69, 9.17) is 25.2 Å². The van der Waals surface area contributed by atoms with E-state index in [9.17, 15) is 78.0 Å². The average molecular weight is 1770 g/mol. The molecule has 0 unspecified atom stereocenters. The standard InChI is InChI=1S/C91H119N19O18/c1-88(2,43-21-23-55-127-78-59-69(65-27-9-5-10-28-65)57-72(97-78)67-31-13-7-14-32-67)90(99-103-104-100-90)45-19-17-35-74(111)93-47-25-49-95-76(113)61-107(51-39-83(118)119)81(116)63-109(53-41-85(122)123)80(115)38-37-71(92)87(126)110(54-42-86(124)125)64-82(117)108(52-40-84(120)121)62-77(114)96-50-26-48-94-75(112)36-18-20-46-91(101-105-106-102-91)89(3,4)44-22-24-56-128-79-60-70(66-29-11-6-12-30-66)58-73(98-79)68-33-15-8-16-34-68/h5-16,27-34,57-60,71H,17-26,35-56,61-64,92H2,1-4H3,(H,93,111)(H,94,112)(H,95,113)(H,96,114)(H,118,119)(H,120,121)(H,122,123)(H,124,125)/t71-/m0/s1. The summed E-state index contributed by atoms with van der Waals surface area (Å²) in [6.07, 6.45) is 4.82. The van der Waals surface area contributed by atoms with Crippen LogP contribution in [0.3, 0.4) is 0 Å². The fourth-order valence-electron chi connectivity index (χ4n) is 14.6. The fourth-order valence-corrected chi connectivity index (χ4v) is 14.6. The van der Waals surface area contributed by atoms with E-state index in [0.29, 0.717) is 63.5 Å². The number of aromatic nitrogens is 2. The Balaban J connectivity index is 0.716. The van der Waals surface area contributed by atoms with E-state index in [-0.39, 0.29) is 63.7 Å². The maximum atomic E-state index is 14.0. The first-order valence-corrected chi connectivity index (χ1v) is 43.4. The van der Waals surface area contributed by atoms with Gasteiger partial charge in [-0.05, 0) is 152 Å². The van der Waals surface area contributed by atoms with Crippen LogP contribution in [0, 0.1) is 10.8 Å². The lowest BCUT2D eigenvalue weighted by Gasteiger charge is -2.37. The van der Waals surface area contributed by atoms with Gasteiger partial charge in [-0.25, -0.2) is 9.97 Å². The molecule has 10 N–H and O–H groups in total. The average Bonchev–Trinajstić information content (AvgIpc) is 1.66. The molecule has 2 aliphatic rings. The Hall–Kier alpha value is -13.2. The minimum Gasteiger partial charge on any atom is -0.481 e. The van der Waals surface area contributed by atoms with Crippen molar-refractivity contribution in [1.29, 1.82) is 0 Å². The highest BCUT2D eigenvalue weighted by atomic mass is 16.5. The molecule has 0 spiro atoms. The molecule has 8 rings (SSSR count). The van der Waals surface area contributed by atoms with Crippen LogP contribution in [0.1, 0.15) is 169 Å². The Morgan fingerprint density at radius 2 is 0.695 bits per heavy atom. The third-order valence-corrected chi connectivity index (χ3v) is 22.4. The number of benzene rings is 4. The van der Waals surface area contributed by atoms with Gasteiger partial charge in [0, 0.05) is 106 Å². The second-order valence-electron chi connectivity index (χ2n) is 32.8. The molecule has 686 valence electrons. The summed E-state index contributed by atoms with van der Waals surface area (Å²) in [6, 6.07) is 46.3. The molecular weight excluding hydrogens is 1650 g/mol. The van der Waals surface area contributed by atoms with Gasteiger partial charge >= 0.3 is 23.9 Å². The number of nitrogens with two attached hydrogens (primary N) is 1. The number of carboxylic acid groups (broad SMARTS) is 4. The lowest BCUT2D eigenvalue weighted by Crippen LogP contribution is -2.51. The summed E-state index contributed by atoms with van der Waals surface area (Å²) >= 11 is 0. The Kier molecular flexibility index (Phi) is 40.2. The predicted octanol–water partition coefficient (Wildman–Crippen LogP) is 11.7. The number of hydrogen-bond acceptors (Lipinski definition) is 25. The number of ether oxygens (including phenoxy) is 2.